The van der Waals surface area contributed by atoms with Crippen LogP contribution in [0.5, 0.6) is 0 Å². The molecule has 0 bridgehead atoms. The van der Waals surface area contributed by atoms with E-state index in [-0.39, 0.29) is 24.0 Å². The quantitative estimate of drug-likeness (QED) is 0.426. The first-order valence-electron chi connectivity index (χ1n) is 7.81. The van der Waals surface area contributed by atoms with Crippen molar-refractivity contribution in [2.24, 2.45) is 10.9 Å². The Balaban J connectivity index is 0.00000242. The summed E-state index contributed by atoms with van der Waals surface area (Å²) >= 11 is 0. The van der Waals surface area contributed by atoms with Crippen molar-refractivity contribution < 1.29 is 0 Å². The van der Waals surface area contributed by atoms with E-state index in [2.05, 4.69) is 71.8 Å². The monoisotopic (exact) mass is 416 g/mol. The van der Waals surface area contributed by atoms with Crippen LogP contribution in [0.4, 0.5) is 0 Å². The Morgan fingerprint density at radius 1 is 1.36 bits per heavy atom. The van der Waals surface area contributed by atoms with E-state index in [1.165, 1.54) is 12.0 Å². The summed E-state index contributed by atoms with van der Waals surface area (Å²) < 4.78 is 0. The standard InChI is InChI=1S/C17H28N4.HI/c1-13-10-16(13)20-17(18-3)19-11-14(2)21(4)12-15-8-6-5-7-9-15;/h5-9,13-14,16H,10-12H2,1-4H3,(H2,18,19,20);1H. The Hall–Kier alpha value is -0.820. The molecule has 0 heterocycles. The summed E-state index contributed by atoms with van der Waals surface area (Å²) in [7, 11) is 4.00. The van der Waals surface area contributed by atoms with Crippen molar-refractivity contribution >= 4 is 29.9 Å². The highest BCUT2D eigenvalue weighted by atomic mass is 127. The highest BCUT2D eigenvalue weighted by Gasteiger charge is 2.33. The van der Waals surface area contributed by atoms with Gasteiger partial charge in [-0.2, -0.15) is 0 Å². The summed E-state index contributed by atoms with van der Waals surface area (Å²) in [5.74, 6) is 1.70. The zero-order valence-corrected chi connectivity index (χ0v) is 16.4. The van der Waals surface area contributed by atoms with Crippen LogP contribution in [0.3, 0.4) is 0 Å². The zero-order chi connectivity index (χ0) is 15.2. The lowest BCUT2D eigenvalue weighted by Gasteiger charge is -2.25. The first-order valence-corrected chi connectivity index (χ1v) is 7.81. The van der Waals surface area contributed by atoms with Gasteiger partial charge in [0.15, 0.2) is 5.96 Å². The highest BCUT2D eigenvalue weighted by molar-refractivity contribution is 14.0. The van der Waals surface area contributed by atoms with Crippen LogP contribution < -0.4 is 10.6 Å². The van der Waals surface area contributed by atoms with Crippen LogP contribution in [0, 0.1) is 5.92 Å². The van der Waals surface area contributed by atoms with Crippen LogP contribution in [0.25, 0.3) is 0 Å². The number of guanidine groups is 1. The molecule has 0 saturated heterocycles. The summed E-state index contributed by atoms with van der Waals surface area (Å²) in [6.07, 6.45) is 1.25. The lowest BCUT2D eigenvalue weighted by atomic mass is 10.2. The Bertz CT molecular complexity index is 463. The van der Waals surface area contributed by atoms with E-state index in [0.29, 0.717) is 12.1 Å². The maximum atomic E-state index is 4.29. The predicted molar refractivity (Wildman–Crippen MR) is 105 cm³/mol. The van der Waals surface area contributed by atoms with Crippen LogP contribution in [0.1, 0.15) is 25.8 Å². The first kappa shape index (κ1) is 19.2. The minimum Gasteiger partial charge on any atom is -0.355 e. The number of halogens is 1. The van der Waals surface area contributed by atoms with E-state index in [0.717, 1.165) is 25.0 Å². The van der Waals surface area contributed by atoms with E-state index in [4.69, 9.17) is 0 Å². The molecule has 0 spiro atoms. The van der Waals surface area contributed by atoms with Gasteiger partial charge in [-0.05, 0) is 31.9 Å². The van der Waals surface area contributed by atoms with Crippen LogP contribution >= 0.6 is 24.0 Å². The molecule has 0 amide bonds. The van der Waals surface area contributed by atoms with Gasteiger partial charge < -0.3 is 10.6 Å². The summed E-state index contributed by atoms with van der Waals surface area (Å²) in [6, 6.07) is 11.6. The third-order valence-corrected chi connectivity index (χ3v) is 4.25. The number of aliphatic imine (C=N–C) groups is 1. The highest BCUT2D eigenvalue weighted by Crippen LogP contribution is 2.28. The first-order chi connectivity index (χ1) is 10.1. The van der Waals surface area contributed by atoms with E-state index >= 15 is 0 Å². The molecule has 0 radical (unpaired) electrons. The summed E-state index contributed by atoms with van der Waals surface area (Å²) in [6.45, 7) is 6.36. The van der Waals surface area contributed by atoms with Gasteiger partial charge in [0.05, 0.1) is 0 Å². The van der Waals surface area contributed by atoms with Gasteiger partial charge in [0.25, 0.3) is 0 Å². The maximum absolute atomic E-state index is 4.29. The van der Waals surface area contributed by atoms with Gasteiger partial charge in [-0.15, -0.1) is 24.0 Å². The molecule has 1 aliphatic carbocycles. The number of likely N-dealkylation sites (N-methyl/N-ethyl adjacent to an activating group) is 1. The molecule has 4 nitrogen and oxygen atoms in total. The predicted octanol–water partition coefficient (Wildman–Crippen LogP) is 2.70. The smallest absolute Gasteiger partial charge is 0.191 e. The second-order valence-corrected chi connectivity index (χ2v) is 6.17. The van der Waals surface area contributed by atoms with Gasteiger partial charge in [-0.25, -0.2) is 0 Å². The van der Waals surface area contributed by atoms with Crippen molar-refractivity contribution in [3.63, 3.8) is 0 Å². The van der Waals surface area contributed by atoms with E-state index < -0.39 is 0 Å². The number of hydrogen-bond acceptors (Lipinski definition) is 2. The SMILES string of the molecule is CN=C(NCC(C)N(C)Cc1ccccc1)NC1CC1C.I. The molecule has 2 rings (SSSR count). The Labute approximate surface area is 151 Å². The lowest BCUT2D eigenvalue weighted by Crippen LogP contribution is -2.45. The number of benzene rings is 1. The van der Waals surface area contributed by atoms with Crippen LogP contribution in [-0.4, -0.2) is 43.6 Å². The number of hydrogen-bond donors (Lipinski definition) is 2. The molecule has 124 valence electrons. The normalized spacial score (nSPS) is 22.0. The molecule has 1 aromatic rings. The second kappa shape index (κ2) is 9.35. The molecule has 3 unspecified atom stereocenters. The van der Waals surface area contributed by atoms with Gasteiger partial charge in [-0.3, -0.25) is 9.89 Å². The number of nitrogens with one attached hydrogen (secondary N) is 2. The lowest BCUT2D eigenvalue weighted by molar-refractivity contribution is 0.249. The minimum absolute atomic E-state index is 0. The van der Waals surface area contributed by atoms with Crippen molar-refractivity contribution in [3.05, 3.63) is 35.9 Å². The van der Waals surface area contributed by atoms with Crippen molar-refractivity contribution in [2.45, 2.75) is 38.9 Å². The van der Waals surface area contributed by atoms with Crippen molar-refractivity contribution in [1.82, 2.24) is 15.5 Å². The minimum atomic E-state index is 0. The van der Waals surface area contributed by atoms with E-state index in [1.54, 1.807) is 0 Å². The number of rotatable bonds is 6. The average Bonchev–Trinajstić information content (AvgIpc) is 3.19. The molecule has 3 atom stereocenters. The van der Waals surface area contributed by atoms with Gasteiger partial charge in [-0.1, -0.05) is 37.3 Å². The van der Waals surface area contributed by atoms with E-state index in [9.17, 15) is 0 Å². The molecule has 1 aliphatic rings. The van der Waals surface area contributed by atoms with Gasteiger partial charge in [0, 0.05) is 32.2 Å². The maximum Gasteiger partial charge on any atom is 0.191 e. The van der Waals surface area contributed by atoms with E-state index in [1.807, 2.05) is 7.05 Å². The fourth-order valence-corrected chi connectivity index (χ4v) is 2.32. The zero-order valence-electron chi connectivity index (χ0n) is 14.0. The van der Waals surface area contributed by atoms with Gasteiger partial charge >= 0.3 is 0 Å². The van der Waals surface area contributed by atoms with Gasteiger partial charge in [0.2, 0.25) is 0 Å². The molecule has 5 heteroatoms. The molecule has 1 aromatic carbocycles. The molecule has 1 fully saturated rings. The molecular formula is C17H29IN4. The molecule has 0 aromatic heterocycles. The van der Waals surface area contributed by atoms with Crippen molar-refractivity contribution in [3.8, 4) is 0 Å². The fraction of sp³-hybridized carbons (Fsp3) is 0.588. The molecule has 22 heavy (non-hydrogen) atoms. The van der Waals surface area contributed by atoms with Crippen LogP contribution in [0.15, 0.2) is 35.3 Å². The third-order valence-electron chi connectivity index (χ3n) is 4.25. The summed E-state index contributed by atoms with van der Waals surface area (Å²) in [5, 5.41) is 6.88. The summed E-state index contributed by atoms with van der Waals surface area (Å²) in [5.41, 5.74) is 1.35. The Morgan fingerprint density at radius 3 is 2.55 bits per heavy atom. The number of nitrogens with zero attached hydrogens (tertiary/aromatic N) is 2. The second-order valence-electron chi connectivity index (χ2n) is 6.17. The molecule has 0 aliphatic heterocycles. The Kier molecular flexibility index (Phi) is 8.17. The van der Waals surface area contributed by atoms with Crippen molar-refractivity contribution in [2.75, 3.05) is 20.6 Å². The fourth-order valence-electron chi connectivity index (χ4n) is 2.32. The Morgan fingerprint density at radius 2 is 2.00 bits per heavy atom. The topological polar surface area (TPSA) is 39.7 Å². The average molecular weight is 416 g/mol. The molecular weight excluding hydrogens is 387 g/mol. The van der Waals surface area contributed by atoms with Crippen LogP contribution in [-0.2, 0) is 6.54 Å². The van der Waals surface area contributed by atoms with Crippen molar-refractivity contribution in [1.29, 1.82) is 0 Å². The van der Waals surface area contributed by atoms with Gasteiger partial charge in [0.1, 0.15) is 0 Å². The molecule has 2 N–H and O–H groups in total. The third kappa shape index (κ3) is 6.12. The van der Waals surface area contributed by atoms with Crippen LogP contribution in [0.2, 0.25) is 0 Å². The summed E-state index contributed by atoms with van der Waals surface area (Å²) in [4.78, 5) is 6.65. The largest absolute Gasteiger partial charge is 0.355 e. The molecule has 1 saturated carbocycles.